The van der Waals surface area contributed by atoms with E-state index in [0.29, 0.717) is 46.9 Å². The Morgan fingerprint density at radius 3 is 1.30 bits per heavy atom. The van der Waals surface area contributed by atoms with Crippen LogP contribution in [0.5, 0.6) is 0 Å². The number of hydrogen-bond donors (Lipinski definition) is 2. The maximum Gasteiger partial charge on any atom is 0.240 e. The number of sulfonamides is 2. The summed E-state index contributed by atoms with van der Waals surface area (Å²) in [7, 11) is -7.58. The molecule has 2 aromatic carbocycles. The van der Waals surface area contributed by atoms with Gasteiger partial charge in [0.2, 0.25) is 20.0 Å². The highest BCUT2D eigenvalue weighted by molar-refractivity contribution is 7.89. The van der Waals surface area contributed by atoms with Crippen LogP contribution >= 0.6 is 0 Å². The fraction of sp³-hybridized carbons (Fsp3) is 0.500. The Kier molecular flexibility index (Phi) is 12.2. The Labute approximate surface area is 296 Å². The molecule has 2 N–H and O–H groups in total. The summed E-state index contributed by atoms with van der Waals surface area (Å²) < 4.78 is 81.2. The highest BCUT2D eigenvalue weighted by atomic mass is 32.2. The number of aryl methyl sites for hydroxylation is 6. The highest BCUT2D eigenvalue weighted by Crippen LogP contribution is 2.31. The zero-order valence-electron chi connectivity index (χ0n) is 30.7. The molecule has 4 rings (SSSR count). The number of ether oxygens (including phenoxy) is 2. The molecule has 14 heteroatoms. The summed E-state index contributed by atoms with van der Waals surface area (Å²) in [6.07, 6.45) is 0.855. The second kappa shape index (κ2) is 15.5. The number of nitrogens with one attached hydrogen (secondary N) is 2. The van der Waals surface area contributed by atoms with E-state index in [2.05, 4.69) is 19.8 Å². The van der Waals surface area contributed by atoms with Gasteiger partial charge in [0, 0.05) is 24.2 Å². The molecule has 0 amide bonds. The molecule has 0 fully saturated rings. The normalized spacial score (nSPS) is 12.9. The molecular formula is C36H50N4O8S2. The predicted molar refractivity (Wildman–Crippen MR) is 192 cm³/mol. The lowest BCUT2D eigenvalue weighted by Crippen LogP contribution is -2.36. The van der Waals surface area contributed by atoms with Crippen LogP contribution in [-0.4, -0.2) is 64.7 Å². The molecule has 0 bridgehead atoms. The van der Waals surface area contributed by atoms with E-state index in [1.165, 1.54) is 0 Å². The average molecular weight is 731 g/mol. The van der Waals surface area contributed by atoms with Crippen molar-refractivity contribution in [3.63, 3.8) is 0 Å². The largest absolute Gasteiger partial charge is 0.373 e. The van der Waals surface area contributed by atoms with Crippen molar-refractivity contribution in [2.75, 3.05) is 26.3 Å². The summed E-state index contributed by atoms with van der Waals surface area (Å²) in [4.78, 5) is 0.402. The fourth-order valence-electron chi connectivity index (χ4n) is 5.79. The second-order valence-corrected chi connectivity index (χ2v) is 17.3. The number of benzene rings is 2. The molecule has 0 atom stereocenters. The van der Waals surface area contributed by atoms with Gasteiger partial charge in [-0.2, -0.15) is 0 Å². The van der Waals surface area contributed by atoms with Gasteiger partial charge in [0.05, 0.1) is 45.6 Å². The van der Waals surface area contributed by atoms with Gasteiger partial charge in [0.15, 0.2) is 0 Å². The second-order valence-electron chi connectivity index (χ2n) is 13.9. The van der Waals surface area contributed by atoms with Crippen molar-refractivity contribution < 1.29 is 35.4 Å². The molecule has 0 unspecified atom stereocenters. The summed E-state index contributed by atoms with van der Waals surface area (Å²) in [5.74, 6) is 1.25. The van der Waals surface area contributed by atoms with Crippen LogP contribution in [-0.2, 0) is 29.5 Å². The lowest BCUT2D eigenvalue weighted by molar-refractivity contribution is -0.0875. The monoisotopic (exact) mass is 730 g/mol. The summed E-state index contributed by atoms with van der Waals surface area (Å²) in [5, 5.41) is 7.97. The molecule has 4 aromatic rings. The first-order valence-electron chi connectivity index (χ1n) is 16.6. The summed E-state index contributed by atoms with van der Waals surface area (Å²) in [5.41, 5.74) is 4.42. The van der Waals surface area contributed by atoms with Gasteiger partial charge in [-0.1, -0.05) is 34.6 Å². The summed E-state index contributed by atoms with van der Waals surface area (Å²) in [6.45, 7) is 19.3. The first kappa shape index (κ1) is 39.4. The lowest BCUT2D eigenvalue weighted by atomic mass is 10.0. The van der Waals surface area contributed by atoms with E-state index < -0.39 is 31.2 Å². The maximum absolute atomic E-state index is 13.3. The Morgan fingerprint density at radius 2 is 0.980 bits per heavy atom. The van der Waals surface area contributed by atoms with E-state index in [-0.39, 0.29) is 36.1 Å². The summed E-state index contributed by atoms with van der Waals surface area (Å²) in [6, 6.07) is 10.6. The number of nitrogens with zero attached hydrogens (tertiary/aromatic N) is 2. The number of hydrogen-bond acceptors (Lipinski definition) is 10. The molecule has 50 heavy (non-hydrogen) atoms. The van der Waals surface area contributed by atoms with Crippen molar-refractivity contribution in [3.05, 3.63) is 70.4 Å². The third-order valence-electron chi connectivity index (χ3n) is 8.71. The molecule has 0 aliphatic carbocycles. The van der Waals surface area contributed by atoms with E-state index >= 15 is 0 Å². The SMILES string of the molecule is Cc1ccc(-c2c(C)noc2C)cc1S(=O)(=O)NCCC(C)(C)OCCOC(C)(C)CCNS(=O)(=O)c1cc(-c2c(C)noc2C)ccc1C. The van der Waals surface area contributed by atoms with Crippen molar-refractivity contribution in [1.29, 1.82) is 0 Å². The zero-order chi connectivity index (χ0) is 37.1. The van der Waals surface area contributed by atoms with Crippen LogP contribution in [0.25, 0.3) is 22.3 Å². The molecule has 0 saturated carbocycles. The highest BCUT2D eigenvalue weighted by Gasteiger charge is 2.26. The molecular weight excluding hydrogens is 681 g/mol. The van der Waals surface area contributed by atoms with Gasteiger partial charge in [0.25, 0.3) is 0 Å². The van der Waals surface area contributed by atoms with Crippen molar-refractivity contribution >= 4 is 20.0 Å². The third kappa shape index (κ3) is 9.68. The van der Waals surface area contributed by atoms with Gasteiger partial charge in [-0.3, -0.25) is 0 Å². The van der Waals surface area contributed by atoms with Crippen LogP contribution in [0, 0.1) is 41.5 Å². The topological polar surface area (TPSA) is 163 Å². The Bertz CT molecular complexity index is 1850. The number of rotatable bonds is 17. The molecule has 0 aliphatic heterocycles. The van der Waals surface area contributed by atoms with E-state index in [1.54, 1.807) is 52.0 Å². The minimum atomic E-state index is -3.79. The van der Waals surface area contributed by atoms with Crippen LogP contribution in [0.4, 0.5) is 0 Å². The molecule has 2 aromatic heterocycles. The first-order valence-corrected chi connectivity index (χ1v) is 19.5. The quantitative estimate of drug-likeness (QED) is 0.115. The Hall–Kier alpha value is -3.40. The van der Waals surface area contributed by atoms with Gasteiger partial charge in [-0.15, -0.1) is 0 Å². The predicted octanol–water partition coefficient (Wildman–Crippen LogP) is 6.47. The molecule has 0 radical (unpaired) electrons. The van der Waals surface area contributed by atoms with E-state index in [0.717, 1.165) is 22.3 Å². The Balaban J connectivity index is 1.23. The van der Waals surface area contributed by atoms with Crippen LogP contribution in [0.15, 0.2) is 55.2 Å². The minimum absolute atomic E-state index is 0.178. The average Bonchev–Trinajstić information content (AvgIpc) is 3.54. The van der Waals surface area contributed by atoms with Crippen molar-refractivity contribution in [2.45, 2.75) is 103 Å². The van der Waals surface area contributed by atoms with Gasteiger partial charge in [0.1, 0.15) is 11.5 Å². The van der Waals surface area contributed by atoms with E-state index in [4.69, 9.17) is 18.5 Å². The van der Waals surface area contributed by atoms with E-state index in [9.17, 15) is 16.8 Å². The maximum atomic E-state index is 13.3. The van der Waals surface area contributed by atoms with Crippen LogP contribution in [0.3, 0.4) is 0 Å². The van der Waals surface area contributed by atoms with Crippen molar-refractivity contribution in [2.24, 2.45) is 0 Å². The van der Waals surface area contributed by atoms with Crippen molar-refractivity contribution in [1.82, 2.24) is 19.8 Å². The number of aromatic nitrogens is 2. The first-order chi connectivity index (χ1) is 23.2. The van der Waals surface area contributed by atoms with Crippen LogP contribution in [0.2, 0.25) is 0 Å². The smallest absolute Gasteiger partial charge is 0.240 e. The van der Waals surface area contributed by atoms with Crippen molar-refractivity contribution in [3.8, 4) is 22.3 Å². The van der Waals surface area contributed by atoms with Gasteiger partial charge in [-0.25, -0.2) is 26.3 Å². The summed E-state index contributed by atoms with van der Waals surface area (Å²) >= 11 is 0. The molecule has 274 valence electrons. The third-order valence-corrected chi connectivity index (χ3v) is 11.9. The molecule has 0 aliphatic rings. The van der Waals surface area contributed by atoms with Gasteiger partial charge >= 0.3 is 0 Å². The minimum Gasteiger partial charge on any atom is -0.373 e. The lowest BCUT2D eigenvalue weighted by Gasteiger charge is -2.29. The van der Waals surface area contributed by atoms with Crippen LogP contribution < -0.4 is 9.44 Å². The fourth-order valence-corrected chi connectivity index (χ4v) is 8.39. The van der Waals surface area contributed by atoms with Crippen LogP contribution in [0.1, 0.15) is 74.6 Å². The molecule has 2 heterocycles. The standard InChI is InChI=1S/C36H50N4O8S2/c1-23-11-13-29(33-25(3)39-47-27(33)5)21-31(23)49(41,42)37-17-15-35(7,8)45-19-20-46-36(9,10)16-18-38-50(43,44)32-22-30(14-12-24(32)2)34-26(4)40-48-28(34)6/h11-14,21-22,37-38H,15-20H2,1-10H3. The van der Waals surface area contributed by atoms with Gasteiger partial charge in [-0.05, 0) is 116 Å². The Morgan fingerprint density at radius 1 is 0.620 bits per heavy atom. The van der Waals surface area contributed by atoms with Gasteiger partial charge < -0.3 is 18.5 Å². The molecule has 0 spiro atoms. The molecule has 0 saturated heterocycles. The zero-order valence-corrected chi connectivity index (χ0v) is 32.3. The molecule has 12 nitrogen and oxygen atoms in total. The van der Waals surface area contributed by atoms with E-state index in [1.807, 2.05) is 53.7 Å².